The molecule has 1 aromatic heterocycles. The minimum absolute atomic E-state index is 0.443. The summed E-state index contributed by atoms with van der Waals surface area (Å²) in [5.74, 6) is 0.724. The van der Waals surface area contributed by atoms with Gasteiger partial charge in [-0.25, -0.2) is 4.98 Å². The zero-order valence-electron chi connectivity index (χ0n) is 13.0. The molecule has 3 nitrogen and oxygen atoms in total. The van der Waals surface area contributed by atoms with E-state index in [1.165, 1.54) is 32.1 Å². The van der Waals surface area contributed by atoms with E-state index in [-0.39, 0.29) is 0 Å². The quantitative estimate of drug-likeness (QED) is 0.694. The molecule has 114 valence electrons. The van der Waals surface area contributed by atoms with Crippen molar-refractivity contribution in [2.75, 3.05) is 6.61 Å². The van der Waals surface area contributed by atoms with Gasteiger partial charge in [0.15, 0.2) is 0 Å². The number of fused-ring (bicyclic) bond motifs is 1. The highest BCUT2D eigenvalue weighted by atomic mass is 16.5. The SMILES string of the molecule is CCCCCCCCOc1nc(CN)cc2ccccc12. The van der Waals surface area contributed by atoms with Crippen molar-refractivity contribution in [3.05, 3.63) is 36.0 Å². The van der Waals surface area contributed by atoms with Crippen LogP contribution < -0.4 is 10.5 Å². The van der Waals surface area contributed by atoms with Crippen molar-refractivity contribution in [2.45, 2.75) is 52.0 Å². The van der Waals surface area contributed by atoms with Crippen molar-refractivity contribution in [1.29, 1.82) is 0 Å². The Labute approximate surface area is 127 Å². The Morgan fingerprint density at radius 2 is 1.81 bits per heavy atom. The first-order valence-corrected chi connectivity index (χ1v) is 8.06. The summed E-state index contributed by atoms with van der Waals surface area (Å²) in [5, 5.41) is 2.21. The molecule has 1 aromatic carbocycles. The average molecular weight is 286 g/mol. The van der Waals surface area contributed by atoms with Gasteiger partial charge in [0.05, 0.1) is 12.3 Å². The van der Waals surface area contributed by atoms with Crippen LogP contribution in [0.3, 0.4) is 0 Å². The van der Waals surface area contributed by atoms with Crippen LogP contribution in [0.25, 0.3) is 10.8 Å². The van der Waals surface area contributed by atoms with Crippen molar-refractivity contribution >= 4 is 10.8 Å². The highest BCUT2D eigenvalue weighted by Crippen LogP contribution is 2.24. The molecule has 0 fully saturated rings. The van der Waals surface area contributed by atoms with Crippen LogP contribution in [-0.2, 0) is 6.54 Å². The fourth-order valence-electron chi connectivity index (χ4n) is 2.49. The Bertz CT molecular complexity index is 554. The minimum atomic E-state index is 0.443. The monoisotopic (exact) mass is 286 g/mol. The number of benzene rings is 1. The van der Waals surface area contributed by atoms with Gasteiger partial charge in [-0.05, 0) is 23.9 Å². The van der Waals surface area contributed by atoms with Crippen molar-refractivity contribution in [2.24, 2.45) is 5.73 Å². The van der Waals surface area contributed by atoms with Crippen LogP contribution in [0, 0.1) is 0 Å². The molecule has 0 aliphatic heterocycles. The van der Waals surface area contributed by atoms with Gasteiger partial charge in [-0.3, -0.25) is 0 Å². The van der Waals surface area contributed by atoms with E-state index in [0.29, 0.717) is 6.54 Å². The first-order chi connectivity index (χ1) is 10.3. The number of pyridine rings is 1. The lowest BCUT2D eigenvalue weighted by Crippen LogP contribution is -2.04. The van der Waals surface area contributed by atoms with E-state index in [2.05, 4.69) is 24.0 Å². The van der Waals surface area contributed by atoms with Gasteiger partial charge >= 0.3 is 0 Å². The summed E-state index contributed by atoms with van der Waals surface area (Å²) < 4.78 is 5.90. The number of nitrogens with two attached hydrogens (primary N) is 1. The van der Waals surface area contributed by atoms with Crippen LogP contribution in [0.1, 0.15) is 51.1 Å². The first kappa shape index (κ1) is 15.8. The molecule has 0 unspecified atom stereocenters. The van der Waals surface area contributed by atoms with E-state index in [1.54, 1.807) is 0 Å². The van der Waals surface area contributed by atoms with Gasteiger partial charge in [-0.15, -0.1) is 0 Å². The zero-order valence-corrected chi connectivity index (χ0v) is 13.0. The van der Waals surface area contributed by atoms with Gasteiger partial charge in [0.2, 0.25) is 5.88 Å². The molecule has 2 rings (SSSR count). The van der Waals surface area contributed by atoms with E-state index in [9.17, 15) is 0 Å². The number of rotatable bonds is 9. The number of nitrogens with zero attached hydrogens (tertiary/aromatic N) is 1. The second kappa shape index (κ2) is 8.63. The summed E-state index contributed by atoms with van der Waals surface area (Å²) in [7, 11) is 0. The fraction of sp³-hybridized carbons (Fsp3) is 0.500. The van der Waals surface area contributed by atoms with Crippen molar-refractivity contribution in [3.8, 4) is 5.88 Å². The average Bonchev–Trinajstić information content (AvgIpc) is 2.53. The van der Waals surface area contributed by atoms with Gasteiger partial charge in [-0.2, -0.15) is 0 Å². The van der Waals surface area contributed by atoms with Crippen molar-refractivity contribution in [1.82, 2.24) is 4.98 Å². The van der Waals surface area contributed by atoms with Crippen LogP contribution >= 0.6 is 0 Å². The molecule has 0 saturated carbocycles. The largest absolute Gasteiger partial charge is 0.477 e. The lowest BCUT2D eigenvalue weighted by atomic mass is 10.1. The lowest BCUT2D eigenvalue weighted by molar-refractivity contribution is 0.296. The Balaban J connectivity index is 1.91. The summed E-state index contributed by atoms with van der Waals surface area (Å²) in [6.45, 7) is 3.42. The molecule has 0 atom stereocenters. The Morgan fingerprint density at radius 3 is 2.62 bits per heavy atom. The smallest absolute Gasteiger partial charge is 0.221 e. The van der Waals surface area contributed by atoms with Gasteiger partial charge in [0.25, 0.3) is 0 Å². The molecule has 0 spiro atoms. The predicted molar refractivity (Wildman–Crippen MR) is 88.5 cm³/mol. The third kappa shape index (κ3) is 4.71. The molecule has 0 radical (unpaired) electrons. The van der Waals surface area contributed by atoms with Gasteiger partial charge in [0.1, 0.15) is 0 Å². The molecule has 1 heterocycles. The third-order valence-corrected chi connectivity index (χ3v) is 3.70. The highest BCUT2D eigenvalue weighted by molar-refractivity contribution is 5.87. The summed E-state index contributed by atoms with van der Waals surface area (Å²) in [4.78, 5) is 4.52. The minimum Gasteiger partial charge on any atom is -0.477 e. The fourth-order valence-corrected chi connectivity index (χ4v) is 2.49. The standard InChI is InChI=1S/C18H26N2O/c1-2-3-4-5-6-9-12-21-18-17-11-8-7-10-15(17)13-16(14-19)20-18/h7-8,10-11,13H,2-6,9,12,14,19H2,1H3. The summed E-state index contributed by atoms with van der Waals surface area (Å²) >= 11 is 0. The van der Waals surface area contributed by atoms with E-state index in [4.69, 9.17) is 10.5 Å². The van der Waals surface area contributed by atoms with E-state index in [1.807, 2.05) is 18.2 Å². The van der Waals surface area contributed by atoms with Gasteiger partial charge in [0, 0.05) is 11.9 Å². The zero-order chi connectivity index (χ0) is 14.9. The van der Waals surface area contributed by atoms with E-state index < -0.39 is 0 Å². The first-order valence-electron chi connectivity index (χ1n) is 8.06. The maximum Gasteiger partial charge on any atom is 0.221 e. The Kier molecular flexibility index (Phi) is 6.48. The molecule has 0 saturated heterocycles. The molecule has 2 N–H and O–H groups in total. The maximum atomic E-state index is 5.90. The molecular weight excluding hydrogens is 260 g/mol. The topological polar surface area (TPSA) is 48.1 Å². The van der Waals surface area contributed by atoms with Crippen LogP contribution in [0.15, 0.2) is 30.3 Å². The van der Waals surface area contributed by atoms with Crippen LogP contribution in [0.5, 0.6) is 5.88 Å². The molecule has 3 heteroatoms. The number of hydrogen-bond donors (Lipinski definition) is 1. The third-order valence-electron chi connectivity index (χ3n) is 3.70. The Morgan fingerprint density at radius 1 is 1.05 bits per heavy atom. The predicted octanol–water partition coefficient (Wildman–Crippen LogP) is 4.43. The van der Waals surface area contributed by atoms with E-state index in [0.717, 1.165) is 35.4 Å². The van der Waals surface area contributed by atoms with Crippen LogP contribution in [0.4, 0.5) is 0 Å². The Hall–Kier alpha value is -1.61. The summed E-state index contributed by atoms with van der Waals surface area (Å²) in [6, 6.07) is 10.2. The normalized spacial score (nSPS) is 11.0. The molecule has 0 aliphatic carbocycles. The second-order valence-electron chi connectivity index (χ2n) is 5.46. The van der Waals surface area contributed by atoms with Crippen LogP contribution in [-0.4, -0.2) is 11.6 Å². The maximum absolute atomic E-state index is 5.90. The van der Waals surface area contributed by atoms with Gasteiger partial charge in [-0.1, -0.05) is 57.2 Å². The number of unbranched alkanes of at least 4 members (excludes halogenated alkanes) is 5. The van der Waals surface area contributed by atoms with Gasteiger partial charge < -0.3 is 10.5 Å². The van der Waals surface area contributed by atoms with Crippen LogP contribution in [0.2, 0.25) is 0 Å². The summed E-state index contributed by atoms with van der Waals surface area (Å²) in [6.07, 6.45) is 7.58. The van der Waals surface area contributed by atoms with E-state index >= 15 is 0 Å². The molecule has 2 aromatic rings. The number of aromatic nitrogens is 1. The highest BCUT2D eigenvalue weighted by Gasteiger charge is 2.06. The molecule has 0 amide bonds. The van der Waals surface area contributed by atoms with Crippen molar-refractivity contribution in [3.63, 3.8) is 0 Å². The molecule has 0 bridgehead atoms. The second-order valence-corrected chi connectivity index (χ2v) is 5.46. The molecular formula is C18H26N2O. The number of ether oxygens (including phenoxy) is 1. The molecule has 21 heavy (non-hydrogen) atoms. The van der Waals surface area contributed by atoms with Crippen molar-refractivity contribution < 1.29 is 4.74 Å². The number of hydrogen-bond acceptors (Lipinski definition) is 3. The lowest BCUT2D eigenvalue weighted by Gasteiger charge is -2.10. The summed E-state index contributed by atoms with van der Waals surface area (Å²) in [5.41, 5.74) is 6.60. The molecule has 0 aliphatic rings.